The zero-order valence-corrected chi connectivity index (χ0v) is 5.56. The fourth-order valence-corrected chi connectivity index (χ4v) is 1.62. The Bertz CT molecular complexity index is 270. The third-order valence-corrected chi connectivity index (χ3v) is 2.31. The SMILES string of the molecule is O=C(O)C1=CC2OC2C2OC12. The number of ether oxygens (including phenoxy) is 2. The monoisotopic (exact) mass is 154 g/mol. The molecule has 2 aliphatic heterocycles. The highest BCUT2D eigenvalue weighted by molar-refractivity contribution is 5.89. The van der Waals surface area contributed by atoms with Crippen molar-refractivity contribution in [2.45, 2.75) is 24.4 Å². The lowest BCUT2D eigenvalue weighted by Gasteiger charge is -1.98. The molecule has 3 rings (SSSR count). The second-order valence-electron chi connectivity index (χ2n) is 3.01. The van der Waals surface area contributed by atoms with Crippen LogP contribution in [0.25, 0.3) is 0 Å². The zero-order valence-electron chi connectivity index (χ0n) is 5.56. The summed E-state index contributed by atoms with van der Waals surface area (Å²) in [4.78, 5) is 10.6. The third-order valence-electron chi connectivity index (χ3n) is 2.31. The lowest BCUT2D eigenvalue weighted by molar-refractivity contribution is -0.132. The number of hydrogen-bond donors (Lipinski definition) is 1. The third kappa shape index (κ3) is 0.631. The molecule has 2 heterocycles. The van der Waals surface area contributed by atoms with Gasteiger partial charge >= 0.3 is 5.97 Å². The Hall–Kier alpha value is -0.870. The van der Waals surface area contributed by atoms with Gasteiger partial charge in [0.05, 0.1) is 5.57 Å². The van der Waals surface area contributed by atoms with Gasteiger partial charge in [0.15, 0.2) is 0 Å². The normalized spacial score (nSPS) is 50.4. The molecule has 4 nitrogen and oxygen atoms in total. The first-order chi connectivity index (χ1) is 5.27. The predicted molar refractivity (Wildman–Crippen MR) is 33.0 cm³/mol. The van der Waals surface area contributed by atoms with Crippen molar-refractivity contribution in [1.29, 1.82) is 0 Å². The highest BCUT2D eigenvalue weighted by Gasteiger charge is 2.62. The Labute approximate surface area is 62.4 Å². The average Bonchev–Trinajstić information content (AvgIpc) is 2.79. The van der Waals surface area contributed by atoms with Crippen molar-refractivity contribution in [2.75, 3.05) is 0 Å². The summed E-state index contributed by atoms with van der Waals surface area (Å²) in [5.41, 5.74) is 0.369. The van der Waals surface area contributed by atoms with E-state index in [1.165, 1.54) is 0 Å². The standard InChI is InChI=1S/C7H6O4/c8-7(9)2-1-3-5(10-3)6-4(2)11-6/h1,3-6H,(H,8,9). The van der Waals surface area contributed by atoms with Gasteiger partial charge in [-0.2, -0.15) is 0 Å². The van der Waals surface area contributed by atoms with Crippen molar-refractivity contribution < 1.29 is 19.4 Å². The molecule has 4 atom stereocenters. The van der Waals surface area contributed by atoms with Gasteiger partial charge in [-0.25, -0.2) is 4.79 Å². The van der Waals surface area contributed by atoms with E-state index in [1.807, 2.05) is 0 Å². The van der Waals surface area contributed by atoms with Gasteiger partial charge in [-0.1, -0.05) is 0 Å². The molecule has 0 aromatic heterocycles. The summed E-state index contributed by atoms with van der Waals surface area (Å²) in [5, 5.41) is 8.67. The molecular weight excluding hydrogens is 148 g/mol. The summed E-state index contributed by atoms with van der Waals surface area (Å²) in [5.74, 6) is -0.883. The van der Waals surface area contributed by atoms with Crippen LogP contribution in [0.5, 0.6) is 0 Å². The molecule has 0 saturated carbocycles. The molecule has 0 radical (unpaired) electrons. The summed E-state index contributed by atoms with van der Waals surface area (Å²) >= 11 is 0. The van der Waals surface area contributed by atoms with Crippen molar-refractivity contribution in [2.24, 2.45) is 0 Å². The molecular formula is C7H6O4. The van der Waals surface area contributed by atoms with Gasteiger partial charge in [-0.15, -0.1) is 0 Å². The second-order valence-corrected chi connectivity index (χ2v) is 3.01. The first kappa shape index (κ1) is 5.74. The van der Waals surface area contributed by atoms with Gasteiger partial charge in [0, 0.05) is 0 Å². The van der Waals surface area contributed by atoms with Gasteiger partial charge in [-0.05, 0) is 6.08 Å². The minimum atomic E-state index is -0.883. The minimum Gasteiger partial charge on any atom is -0.478 e. The summed E-state index contributed by atoms with van der Waals surface area (Å²) in [7, 11) is 0. The van der Waals surface area contributed by atoms with Crippen molar-refractivity contribution in [3.63, 3.8) is 0 Å². The number of aliphatic carboxylic acids is 1. The number of hydrogen-bond acceptors (Lipinski definition) is 3. The molecule has 0 spiro atoms. The molecule has 3 aliphatic rings. The number of carboxylic acids is 1. The predicted octanol–water partition coefficient (Wildman–Crippen LogP) is -0.454. The number of carbonyl (C=O) groups is 1. The fourth-order valence-electron chi connectivity index (χ4n) is 1.62. The van der Waals surface area contributed by atoms with Gasteiger partial charge in [0.1, 0.15) is 24.4 Å². The molecule has 1 aliphatic carbocycles. The van der Waals surface area contributed by atoms with Crippen molar-refractivity contribution in [1.82, 2.24) is 0 Å². The van der Waals surface area contributed by atoms with Crippen LogP contribution in [0.1, 0.15) is 0 Å². The van der Waals surface area contributed by atoms with Crippen LogP contribution < -0.4 is 0 Å². The molecule has 0 aromatic carbocycles. The van der Waals surface area contributed by atoms with E-state index < -0.39 is 5.97 Å². The first-order valence-electron chi connectivity index (χ1n) is 3.53. The Morgan fingerprint density at radius 1 is 1.45 bits per heavy atom. The zero-order chi connectivity index (χ0) is 7.59. The van der Waals surface area contributed by atoms with Crippen LogP contribution in [0.4, 0.5) is 0 Å². The Morgan fingerprint density at radius 3 is 3.00 bits per heavy atom. The smallest absolute Gasteiger partial charge is 0.334 e. The lowest BCUT2D eigenvalue weighted by Crippen LogP contribution is -2.17. The van der Waals surface area contributed by atoms with Crippen LogP contribution in [0.3, 0.4) is 0 Å². The molecule has 4 unspecified atom stereocenters. The van der Waals surface area contributed by atoms with Gasteiger partial charge in [0.2, 0.25) is 0 Å². The summed E-state index contributed by atoms with van der Waals surface area (Å²) in [6.07, 6.45) is 1.68. The van der Waals surface area contributed by atoms with E-state index in [1.54, 1.807) is 6.08 Å². The number of carboxylic acid groups (broad SMARTS) is 1. The molecule has 0 bridgehead atoms. The molecule has 4 heteroatoms. The molecule has 58 valence electrons. The molecule has 0 aromatic rings. The average molecular weight is 154 g/mol. The van der Waals surface area contributed by atoms with Crippen molar-refractivity contribution in [3.05, 3.63) is 11.6 Å². The van der Waals surface area contributed by atoms with Crippen LogP contribution in [0.15, 0.2) is 11.6 Å². The van der Waals surface area contributed by atoms with Crippen molar-refractivity contribution in [3.8, 4) is 0 Å². The van der Waals surface area contributed by atoms with Crippen LogP contribution in [-0.4, -0.2) is 35.5 Å². The minimum absolute atomic E-state index is 0.0184. The molecule has 1 N–H and O–H groups in total. The van der Waals surface area contributed by atoms with Gasteiger partial charge < -0.3 is 14.6 Å². The Kier molecular flexibility index (Phi) is 0.777. The molecule has 0 amide bonds. The van der Waals surface area contributed by atoms with Crippen LogP contribution in [0.2, 0.25) is 0 Å². The van der Waals surface area contributed by atoms with Gasteiger partial charge in [0.25, 0.3) is 0 Å². The topological polar surface area (TPSA) is 62.4 Å². The quantitative estimate of drug-likeness (QED) is 0.519. The summed E-state index contributed by atoms with van der Waals surface area (Å²) in [6.45, 7) is 0. The van der Waals surface area contributed by atoms with E-state index in [4.69, 9.17) is 14.6 Å². The lowest BCUT2D eigenvalue weighted by atomic mass is 10.0. The van der Waals surface area contributed by atoms with E-state index in [9.17, 15) is 4.79 Å². The van der Waals surface area contributed by atoms with E-state index in [2.05, 4.69) is 0 Å². The van der Waals surface area contributed by atoms with Crippen LogP contribution >= 0.6 is 0 Å². The maximum Gasteiger partial charge on any atom is 0.334 e. The molecule has 2 saturated heterocycles. The highest BCUT2D eigenvalue weighted by Crippen LogP contribution is 2.47. The maximum absolute atomic E-state index is 10.6. The number of epoxide rings is 2. The second kappa shape index (κ2) is 1.49. The maximum atomic E-state index is 10.6. The number of rotatable bonds is 1. The van der Waals surface area contributed by atoms with Crippen LogP contribution in [0, 0.1) is 0 Å². The molecule has 11 heavy (non-hydrogen) atoms. The molecule has 2 fully saturated rings. The van der Waals surface area contributed by atoms with E-state index in [0.717, 1.165) is 0 Å². The van der Waals surface area contributed by atoms with Crippen molar-refractivity contribution >= 4 is 5.97 Å². The Balaban J connectivity index is 1.97. The Morgan fingerprint density at radius 2 is 2.27 bits per heavy atom. The van der Waals surface area contributed by atoms with E-state index >= 15 is 0 Å². The number of fused-ring (bicyclic) bond motifs is 3. The highest BCUT2D eigenvalue weighted by atomic mass is 16.7. The van der Waals surface area contributed by atoms with Crippen LogP contribution in [-0.2, 0) is 14.3 Å². The fraction of sp³-hybridized carbons (Fsp3) is 0.571. The van der Waals surface area contributed by atoms with Gasteiger partial charge in [-0.3, -0.25) is 0 Å². The largest absolute Gasteiger partial charge is 0.478 e. The first-order valence-corrected chi connectivity index (χ1v) is 3.53. The van der Waals surface area contributed by atoms with E-state index in [0.29, 0.717) is 5.57 Å². The summed E-state index contributed by atoms with van der Waals surface area (Å²) in [6, 6.07) is 0. The van der Waals surface area contributed by atoms with E-state index in [-0.39, 0.29) is 24.4 Å². The summed E-state index contributed by atoms with van der Waals surface area (Å²) < 4.78 is 10.3.